The number of halogens is 1. The number of nitrogens with zero attached hydrogens (tertiary/aromatic N) is 2. The predicted molar refractivity (Wildman–Crippen MR) is 62.8 cm³/mol. The Hall–Kier alpha value is -1.20. The molecule has 17 heavy (non-hydrogen) atoms. The van der Waals surface area contributed by atoms with E-state index in [2.05, 4.69) is 15.3 Å². The number of aliphatic hydroxyl groups excluding tert-OH is 1. The van der Waals surface area contributed by atoms with Gasteiger partial charge in [0.1, 0.15) is 5.69 Å². The molecule has 1 aromatic heterocycles. The fourth-order valence-electron chi connectivity index (χ4n) is 1.58. The van der Waals surface area contributed by atoms with Crippen molar-refractivity contribution in [3.05, 3.63) is 22.7 Å². The Bertz CT molecular complexity index is 414. The molecule has 5 nitrogen and oxygen atoms in total. The molecule has 0 spiro atoms. The van der Waals surface area contributed by atoms with E-state index in [1.165, 1.54) is 0 Å². The van der Waals surface area contributed by atoms with Crippen LogP contribution in [-0.2, 0) is 0 Å². The molecule has 0 aromatic carbocycles. The first-order valence-corrected chi connectivity index (χ1v) is 5.91. The molecule has 92 valence electrons. The van der Waals surface area contributed by atoms with Crippen LogP contribution in [0.15, 0.2) is 6.07 Å². The lowest BCUT2D eigenvalue weighted by Crippen LogP contribution is -2.33. The number of aryl methyl sites for hydroxylation is 1. The van der Waals surface area contributed by atoms with Crippen molar-refractivity contribution in [3.8, 4) is 0 Å². The van der Waals surface area contributed by atoms with Crippen LogP contribution in [0.25, 0.3) is 0 Å². The maximum atomic E-state index is 11.7. The quantitative estimate of drug-likeness (QED) is 0.786. The van der Waals surface area contributed by atoms with Gasteiger partial charge in [0, 0.05) is 12.2 Å². The predicted octanol–water partition coefficient (Wildman–Crippen LogP) is 0.939. The largest absolute Gasteiger partial charge is 0.391 e. The average Bonchev–Trinajstić information content (AvgIpc) is 3.07. The second-order valence-electron chi connectivity index (χ2n) is 4.28. The van der Waals surface area contributed by atoms with E-state index in [4.69, 9.17) is 11.6 Å². The topological polar surface area (TPSA) is 75.1 Å². The van der Waals surface area contributed by atoms with Gasteiger partial charge in [0.05, 0.1) is 6.10 Å². The summed E-state index contributed by atoms with van der Waals surface area (Å²) in [5.41, 5.74) is 0.864. The van der Waals surface area contributed by atoms with Gasteiger partial charge in [0.2, 0.25) is 5.28 Å². The molecule has 1 heterocycles. The van der Waals surface area contributed by atoms with Crippen LogP contribution in [0.3, 0.4) is 0 Å². The van der Waals surface area contributed by atoms with E-state index in [0.29, 0.717) is 11.6 Å². The third kappa shape index (κ3) is 3.38. The third-order valence-corrected chi connectivity index (χ3v) is 2.87. The first-order valence-electron chi connectivity index (χ1n) is 5.53. The molecule has 1 saturated carbocycles. The normalized spacial score (nSPS) is 16.6. The number of hydrogen-bond acceptors (Lipinski definition) is 4. The van der Waals surface area contributed by atoms with Crippen LogP contribution >= 0.6 is 11.6 Å². The van der Waals surface area contributed by atoms with Crippen LogP contribution in [0, 0.1) is 12.8 Å². The van der Waals surface area contributed by atoms with Crippen LogP contribution in [0.5, 0.6) is 0 Å². The van der Waals surface area contributed by atoms with Gasteiger partial charge in [-0.15, -0.1) is 0 Å². The summed E-state index contributed by atoms with van der Waals surface area (Å²) in [6.45, 7) is 1.99. The Balaban J connectivity index is 1.94. The Kier molecular flexibility index (Phi) is 3.59. The summed E-state index contributed by atoms with van der Waals surface area (Å²) in [6.07, 6.45) is 1.61. The maximum absolute atomic E-state index is 11.7. The standard InChI is InChI=1S/C11H14ClN3O2/c1-6-4-8(15-11(12)14-6)10(17)13-5-9(16)7-2-3-7/h4,7,9,16H,2-3,5H2,1H3,(H,13,17). The molecular weight excluding hydrogens is 242 g/mol. The molecule has 0 bridgehead atoms. The first-order chi connectivity index (χ1) is 8.06. The number of carbonyl (C=O) groups excluding carboxylic acids is 1. The molecule has 1 fully saturated rings. The Morgan fingerprint density at radius 2 is 2.35 bits per heavy atom. The summed E-state index contributed by atoms with van der Waals surface area (Å²) in [6, 6.07) is 1.56. The Morgan fingerprint density at radius 3 is 2.94 bits per heavy atom. The zero-order valence-electron chi connectivity index (χ0n) is 9.48. The molecule has 0 aliphatic heterocycles. The SMILES string of the molecule is Cc1cc(C(=O)NCC(O)C2CC2)nc(Cl)n1. The second-order valence-corrected chi connectivity index (χ2v) is 4.62. The van der Waals surface area contributed by atoms with Crippen molar-refractivity contribution < 1.29 is 9.90 Å². The highest BCUT2D eigenvalue weighted by Crippen LogP contribution is 2.32. The molecule has 1 aromatic rings. The van der Waals surface area contributed by atoms with Crippen molar-refractivity contribution >= 4 is 17.5 Å². The number of aromatic nitrogens is 2. The molecule has 1 atom stereocenters. The number of rotatable bonds is 4. The highest BCUT2D eigenvalue weighted by molar-refractivity contribution is 6.28. The van der Waals surface area contributed by atoms with Crippen molar-refractivity contribution in [2.75, 3.05) is 6.54 Å². The number of hydrogen-bond donors (Lipinski definition) is 2. The van der Waals surface area contributed by atoms with Crippen molar-refractivity contribution in [3.63, 3.8) is 0 Å². The molecule has 1 amide bonds. The van der Waals surface area contributed by atoms with Crippen molar-refractivity contribution in [1.82, 2.24) is 15.3 Å². The molecule has 6 heteroatoms. The lowest BCUT2D eigenvalue weighted by atomic mass is 10.2. The van der Waals surface area contributed by atoms with Gasteiger partial charge in [-0.05, 0) is 43.4 Å². The van der Waals surface area contributed by atoms with E-state index < -0.39 is 6.10 Å². The molecule has 2 N–H and O–H groups in total. The Morgan fingerprint density at radius 1 is 1.65 bits per heavy atom. The summed E-state index contributed by atoms with van der Waals surface area (Å²) in [5, 5.41) is 12.3. The lowest BCUT2D eigenvalue weighted by molar-refractivity contribution is 0.0896. The Labute approximate surface area is 104 Å². The van der Waals surface area contributed by atoms with Crippen LogP contribution < -0.4 is 5.32 Å². The maximum Gasteiger partial charge on any atom is 0.270 e. The summed E-state index contributed by atoms with van der Waals surface area (Å²) >= 11 is 5.67. The molecule has 2 rings (SSSR count). The van der Waals surface area contributed by atoms with Gasteiger partial charge in [-0.25, -0.2) is 9.97 Å². The smallest absolute Gasteiger partial charge is 0.270 e. The van der Waals surface area contributed by atoms with Crippen LogP contribution in [0.1, 0.15) is 29.0 Å². The monoisotopic (exact) mass is 255 g/mol. The molecule has 1 aliphatic rings. The van der Waals surface area contributed by atoms with Crippen LogP contribution in [0.2, 0.25) is 5.28 Å². The number of amides is 1. The zero-order chi connectivity index (χ0) is 12.4. The minimum atomic E-state index is -0.461. The van der Waals surface area contributed by atoms with Gasteiger partial charge < -0.3 is 10.4 Å². The number of nitrogens with one attached hydrogen (secondary N) is 1. The van der Waals surface area contributed by atoms with Gasteiger partial charge in [0.15, 0.2) is 0 Å². The lowest BCUT2D eigenvalue weighted by Gasteiger charge is -2.10. The molecule has 1 unspecified atom stereocenters. The van der Waals surface area contributed by atoms with Gasteiger partial charge in [0.25, 0.3) is 5.91 Å². The van der Waals surface area contributed by atoms with E-state index in [1.807, 2.05) is 0 Å². The van der Waals surface area contributed by atoms with Crippen LogP contribution in [-0.4, -0.2) is 33.6 Å². The molecule has 0 saturated heterocycles. The second kappa shape index (κ2) is 4.98. The number of aliphatic hydroxyl groups is 1. The van der Waals surface area contributed by atoms with E-state index in [0.717, 1.165) is 12.8 Å². The molecular formula is C11H14ClN3O2. The van der Waals surface area contributed by atoms with Gasteiger partial charge in [-0.2, -0.15) is 0 Å². The highest BCUT2D eigenvalue weighted by atomic mass is 35.5. The number of carbonyl (C=O) groups is 1. The highest BCUT2D eigenvalue weighted by Gasteiger charge is 2.29. The third-order valence-electron chi connectivity index (χ3n) is 2.70. The first kappa shape index (κ1) is 12.3. The van der Waals surface area contributed by atoms with Gasteiger partial charge in [-0.1, -0.05) is 0 Å². The van der Waals surface area contributed by atoms with Crippen LogP contribution in [0.4, 0.5) is 0 Å². The van der Waals surface area contributed by atoms with E-state index >= 15 is 0 Å². The van der Waals surface area contributed by atoms with E-state index in [1.54, 1.807) is 13.0 Å². The zero-order valence-corrected chi connectivity index (χ0v) is 10.2. The van der Waals surface area contributed by atoms with Crippen molar-refractivity contribution in [2.45, 2.75) is 25.9 Å². The van der Waals surface area contributed by atoms with Gasteiger partial charge >= 0.3 is 0 Å². The van der Waals surface area contributed by atoms with Crippen molar-refractivity contribution in [1.29, 1.82) is 0 Å². The average molecular weight is 256 g/mol. The van der Waals surface area contributed by atoms with Gasteiger partial charge in [-0.3, -0.25) is 4.79 Å². The minimum absolute atomic E-state index is 0.0536. The summed E-state index contributed by atoms with van der Waals surface area (Å²) < 4.78 is 0. The fourth-order valence-corrected chi connectivity index (χ4v) is 1.81. The van der Waals surface area contributed by atoms with Crippen molar-refractivity contribution in [2.24, 2.45) is 5.92 Å². The summed E-state index contributed by atoms with van der Waals surface area (Å²) in [5.74, 6) is 0.00289. The fraction of sp³-hybridized carbons (Fsp3) is 0.545. The summed E-state index contributed by atoms with van der Waals surface area (Å²) in [4.78, 5) is 19.4. The van der Waals surface area contributed by atoms with E-state index in [-0.39, 0.29) is 23.4 Å². The molecule has 1 aliphatic carbocycles. The minimum Gasteiger partial charge on any atom is -0.391 e. The summed E-state index contributed by atoms with van der Waals surface area (Å²) in [7, 11) is 0. The van der Waals surface area contributed by atoms with E-state index in [9.17, 15) is 9.90 Å². The molecule has 0 radical (unpaired) electrons.